The quantitative estimate of drug-likeness (QED) is 0.853. The van der Waals surface area contributed by atoms with Crippen LogP contribution in [0.3, 0.4) is 0 Å². The minimum Gasteiger partial charge on any atom is -0.366 e. The molecule has 0 saturated carbocycles. The van der Waals surface area contributed by atoms with Gasteiger partial charge in [0.25, 0.3) is 5.91 Å². The summed E-state index contributed by atoms with van der Waals surface area (Å²) in [4.78, 5) is 18.4. The summed E-state index contributed by atoms with van der Waals surface area (Å²) in [6.45, 7) is 6.54. The summed E-state index contributed by atoms with van der Waals surface area (Å²) in [6.07, 6.45) is 2.69. The van der Waals surface area contributed by atoms with E-state index in [1.165, 1.54) is 5.56 Å². The van der Waals surface area contributed by atoms with Gasteiger partial charge < -0.3 is 10.2 Å². The van der Waals surface area contributed by atoms with Gasteiger partial charge in [0.05, 0.1) is 11.9 Å². The number of nitrogens with one attached hydrogen (secondary N) is 1. The van der Waals surface area contributed by atoms with Crippen LogP contribution in [0.2, 0.25) is 0 Å². The molecule has 116 valence electrons. The van der Waals surface area contributed by atoms with Gasteiger partial charge in [-0.2, -0.15) is 0 Å². The third kappa shape index (κ3) is 4.32. The van der Waals surface area contributed by atoms with Gasteiger partial charge in [-0.05, 0) is 31.0 Å². The van der Waals surface area contributed by atoms with Crippen LogP contribution >= 0.6 is 0 Å². The van der Waals surface area contributed by atoms with Crippen molar-refractivity contribution in [3.63, 3.8) is 0 Å². The molecular weight excluding hydrogens is 274 g/mol. The number of carbonyl (C=O) groups is 1. The van der Waals surface area contributed by atoms with Crippen LogP contribution in [0.15, 0.2) is 48.7 Å². The second kappa shape index (κ2) is 8.17. The Morgan fingerprint density at radius 2 is 1.91 bits per heavy atom. The third-order valence-electron chi connectivity index (χ3n) is 3.48. The molecular formula is C18H23N3O. The van der Waals surface area contributed by atoms with Crippen LogP contribution in [0.4, 0.5) is 5.69 Å². The summed E-state index contributed by atoms with van der Waals surface area (Å²) in [5.41, 5.74) is 2.75. The first kappa shape index (κ1) is 16.0. The van der Waals surface area contributed by atoms with E-state index < -0.39 is 0 Å². The van der Waals surface area contributed by atoms with Crippen molar-refractivity contribution in [3.05, 3.63) is 59.9 Å². The lowest BCUT2D eigenvalue weighted by Gasteiger charge is -2.23. The van der Waals surface area contributed by atoms with E-state index >= 15 is 0 Å². The van der Waals surface area contributed by atoms with Gasteiger partial charge in [0, 0.05) is 19.6 Å². The first-order valence-electron chi connectivity index (χ1n) is 7.77. The number of pyridine rings is 1. The fraction of sp³-hybridized carbons (Fsp3) is 0.333. The van der Waals surface area contributed by atoms with Crippen LogP contribution in [0, 0.1) is 0 Å². The van der Waals surface area contributed by atoms with E-state index in [0.29, 0.717) is 12.2 Å². The highest BCUT2D eigenvalue weighted by molar-refractivity contribution is 5.92. The second-order valence-electron chi connectivity index (χ2n) is 5.16. The van der Waals surface area contributed by atoms with Crippen molar-refractivity contribution < 1.29 is 4.79 Å². The number of hydrogen-bond acceptors (Lipinski definition) is 3. The fourth-order valence-electron chi connectivity index (χ4n) is 2.23. The standard InChI is InChI=1S/C18H23N3O/c1-3-12-19-18(22)17-11-10-16(13-20-17)21(4-2)14-15-8-6-5-7-9-15/h5-11,13H,3-4,12,14H2,1-2H3,(H,19,22). The molecule has 0 spiro atoms. The molecule has 1 N–H and O–H groups in total. The minimum atomic E-state index is -0.112. The lowest BCUT2D eigenvalue weighted by atomic mass is 10.2. The average molecular weight is 297 g/mol. The third-order valence-corrected chi connectivity index (χ3v) is 3.48. The van der Waals surface area contributed by atoms with Gasteiger partial charge in [-0.15, -0.1) is 0 Å². The monoisotopic (exact) mass is 297 g/mol. The average Bonchev–Trinajstić information content (AvgIpc) is 2.58. The zero-order valence-corrected chi connectivity index (χ0v) is 13.2. The van der Waals surface area contributed by atoms with E-state index in [1.807, 2.05) is 31.2 Å². The Morgan fingerprint density at radius 3 is 2.50 bits per heavy atom. The summed E-state index contributed by atoms with van der Waals surface area (Å²) < 4.78 is 0. The molecule has 2 rings (SSSR count). The smallest absolute Gasteiger partial charge is 0.269 e. The van der Waals surface area contributed by atoms with Crippen LogP contribution in [0.5, 0.6) is 0 Å². The number of hydrogen-bond donors (Lipinski definition) is 1. The summed E-state index contributed by atoms with van der Waals surface area (Å²) in [6, 6.07) is 14.1. The van der Waals surface area contributed by atoms with E-state index in [0.717, 1.165) is 25.2 Å². The highest BCUT2D eigenvalue weighted by Gasteiger charge is 2.09. The number of benzene rings is 1. The molecule has 0 unspecified atom stereocenters. The molecule has 1 aromatic heterocycles. The molecule has 1 heterocycles. The van der Waals surface area contributed by atoms with Crippen LogP contribution in [0.1, 0.15) is 36.3 Å². The Kier molecular flexibility index (Phi) is 5.95. The molecule has 2 aromatic rings. The molecule has 1 aromatic carbocycles. The fourth-order valence-corrected chi connectivity index (χ4v) is 2.23. The van der Waals surface area contributed by atoms with Gasteiger partial charge in [0.15, 0.2) is 0 Å². The number of anilines is 1. The predicted molar refractivity (Wildman–Crippen MR) is 90.0 cm³/mol. The first-order valence-corrected chi connectivity index (χ1v) is 7.77. The predicted octanol–water partition coefficient (Wildman–Crippen LogP) is 3.25. The van der Waals surface area contributed by atoms with Crippen molar-refractivity contribution >= 4 is 11.6 Å². The highest BCUT2D eigenvalue weighted by atomic mass is 16.1. The zero-order chi connectivity index (χ0) is 15.8. The topological polar surface area (TPSA) is 45.2 Å². The molecule has 0 aliphatic rings. The van der Waals surface area contributed by atoms with Gasteiger partial charge in [0.2, 0.25) is 0 Å². The summed E-state index contributed by atoms with van der Waals surface area (Å²) in [7, 11) is 0. The lowest BCUT2D eigenvalue weighted by molar-refractivity contribution is 0.0948. The molecule has 4 heteroatoms. The molecule has 0 fully saturated rings. The van der Waals surface area contributed by atoms with Crippen molar-refractivity contribution in [1.29, 1.82) is 0 Å². The van der Waals surface area contributed by atoms with E-state index in [1.54, 1.807) is 12.3 Å². The number of aromatic nitrogens is 1. The molecule has 0 aliphatic heterocycles. The first-order chi connectivity index (χ1) is 10.7. The SMILES string of the molecule is CCCNC(=O)c1ccc(N(CC)Cc2ccccc2)cn1. The second-order valence-corrected chi connectivity index (χ2v) is 5.16. The largest absolute Gasteiger partial charge is 0.366 e. The number of rotatable bonds is 7. The summed E-state index contributed by atoms with van der Waals surface area (Å²) in [5, 5.41) is 2.84. The zero-order valence-electron chi connectivity index (χ0n) is 13.2. The maximum Gasteiger partial charge on any atom is 0.269 e. The highest BCUT2D eigenvalue weighted by Crippen LogP contribution is 2.16. The maximum atomic E-state index is 11.9. The number of nitrogens with zero attached hydrogens (tertiary/aromatic N) is 2. The lowest BCUT2D eigenvalue weighted by Crippen LogP contribution is -2.26. The van der Waals surface area contributed by atoms with Crippen LogP contribution < -0.4 is 10.2 Å². The molecule has 4 nitrogen and oxygen atoms in total. The van der Waals surface area contributed by atoms with Crippen LogP contribution in [-0.4, -0.2) is 24.0 Å². The van der Waals surface area contributed by atoms with Crippen molar-refractivity contribution in [2.45, 2.75) is 26.8 Å². The van der Waals surface area contributed by atoms with Crippen LogP contribution in [-0.2, 0) is 6.54 Å². The van der Waals surface area contributed by atoms with Gasteiger partial charge in [-0.25, -0.2) is 4.98 Å². The Morgan fingerprint density at radius 1 is 1.14 bits per heavy atom. The van der Waals surface area contributed by atoms with E-state index in [9.17, 15) is 4.79 Å². The van der Waals surface area contributed by atoms with E-state index in [4.69, 9.17) is 0 Å². The van der Waals surface area contributed by atoms with Crippen molar-refractivity contribution in [2.24, 2.45) is 0 Å². The van der Waals surface area contributed by atoms with Crippen molar-refractivity contribution in [3.8, 4) is 0 Å². The summed E-state index contributed by atoms with van der Waals surface area (Å²) >= 11 is 0. The maximum absolute atomic E-state index is 11.9. The van der Waals surface area contributed by atoms with Gasteiger partial charge in [-0.3, -0.25) is 4.79 Å². The minimum absolute atomic E-state index is 0.112. The van der Waals surface area contributed by atoms with E-state index in [-0.39, 0.29) is 5.91 Å². The molecule has 0 atom stereocenters. The molecule has 1 amide bonds. The Hall–Kier alpha value is -2.36. The van der Waals surface area contributed by atoms with Gasteiger partial charge >= 0.3 is 0 Å². The Bertz CT molecular complexity index is 581. The molecule has 0 bridgehead atoms. The molecule has 0 saturated heterocycles. The Labute approximate surface area is 132 Å². The molecule has 22 heavy (non-hydrogen) atoms. The number of carbonyl (C=O) groups excluding carboxylic acids is 1. The normalized spacial score (nSPS) is 10.3. The van der Waals surface area contributed by atoms with Crippen molar-refractivity contribution in [1.82, 2.24) is 10.3 Å². The van der Waals surface area contributed by atoms with Crippen molar-refractivity contribution in [2.75, 3.05) is 18.0 Å². The van der Waals surface area contributed by atoms with E-state index in [2.05, 4.69) is 34.3 Å². The molecule has 0 aliphatic carbocycles. The molecule has 0 radical (unpaired) electrons. The van der Waals surface area contributed by atoms with Gasteiger partial charge in [0.1, 0.15) is 5.69 Å². The Balaban J connectivity index is 2.05. The van der Waals surface area contributed by atoms with Crippen LogP contribution in [0.25, 0.3) is 0 Å². The summed E-state index contributed by atoms with van der Waals surface area (Å²) in [5.74, 6) is -0.112. The number of amides is 1. The van der Waals surface area contributed by atoms with Gasteiger partial charge in [-0.1, -0.05) is 37.3 Å².